The summed E-state index contributed by atoms with van der Waals surface area (Å²) < 4.78 is 0. The van der Waals surface area contributed by atoms with Crippen LogP contribution in [0, 0.1) is 0 Å². The molecule has 0 aliphatic heterocycles. The molecule has 0 aromatic heterocycles. The van der Waals surface area contributed by atoms with E-state index >= 15 is 0 Å². The van der Waals surface area contributed by atoms with Crippen LogP contribution in [0.1, 0.15) is 17.0 Å². The number of nitrogens with two attached hydrogens (primary N) is 1. The van der Waals surface area contributed by atoms with Gasteiger partial charge >= 0.3 is 0 Å². The van der Waals surface area contributed by atoms with Crippen molar-refractivity contribution in [2.45, 2.75) is 12.0 Å². The molecular weight excluding hydrogens is 210 g/mol. The van der Waals surface area contributed by atoms with Crippen LogP contribution < -0.4 is 5.73 Å². The van der Waals surface area contributed by atoms with Gasteiger partial charge in [0.25, 0.3) is 0 Å². The first-order valence-corrected chi connectivity index (χ1v) is 5.56. The average molecular weight is 224 g/mol. The van der Waals surface area contributed by atoms with E-state index in [1.54, 1.807) is 0 Å². The topological polar surface area (TPSA) is 43.1 Å². The molecule has 1 atom stereocenters. The van der Waals surface area contributed by atoms with E-state index in [2.05, 4.69) is 0 Å². The SMILES string of the molecule is N[C@H]([C]=O)C(c1ccccc1)c1ccccc1. The third-order valence-corrected chi connectivity index (χ3v) is 2.81. The molecule has 0 spiro atoms. The molecular formula is C15H14NO. The van der Waals surface area contributed by atoms with Gasteiger partial charge in [-0.1, -0.05) is 60.7 Å². The minimum Gasteiger partial charge on any atom is -0.320 e. The Morgan fingerprint density at radius 2 is 1.24 bits per heavy atom. The molecule has 2 aromatic rings. The van der Waals surface area contributed by atoms with Gasteiger partial charge in [0.2, 0.25) is 6.29 Å². The molecule has 0 bridgehead atoms. The van der Waals surface area contributed by atoms with Gasteiger partial charge in [-0.15, -0.1) is 0 Å². The zero-order valence-electron chi connectivity index (χ0n) is 9.41. The molecule has 2 N–H and O–H groups in total. The van der Waals surface area contributed by atoms with Crippen molar-refractivity contribution in [1.29, 1.82) is 0 Å². The van der Waals surface area contributed by atoms with Gasteiger partial charge < -0.3 is 5.73 Å². The van der Waals surface area contributed by atoms with E-state index in [1.807, 2.05) is 66.9 Å². The van der Waals surface area contributed by atoms with Crippen LogP contribution >= 0.6 is 0 Å². The Labute approximate surface area is 101 Å². The summed E-state index contributed by atoms with van der Waals surface area (Å²) in [7, 11) is 0. The number of carbonyl (C=O) groups excluding carboxylic acids is 1. The Morgan fingerprint density at radius 1 is 0.824 bits per heavy atom. The molecule has 0 heterocycles. The standard InChI is InChI=1S/C15H14NO/c16-14(11-17)15(12-7-3-1-4-8-12)13-9-5-2-6-10-13/h1-10,14-15H,16H2/t14-/m1/s1. The summed E-state index contributed by atoms with van der Waals surface area (Å²) in [6.45, 7) is 0. The van der Waals surface area contributed by atoms with Crippen LogP contribution in [-0.4, -0.2) is 12.3 Å². The van der Waals surface area contributed by atoms with Crippen molar-refractivity contribution in [2.75, 3.05) is 0 Å². The highest BCUT2D eigenvalue weighted by Crippen LogP contribution is 2.26. The average Bonchev–Trinajstić information content (AvgIpc) is 2.41. The fourth-order valence-corrected chi connectivity index (χ4v) is 2.00. The summed E-state index contributed by atoms with van der Waals surface area (Å²) in [5, 5.41) is 0. The second-order valence-electron chi connectivity index (χ2n) is 3.94. The molecule has 2 aromatic carbocycles. The zero-order chi connectivity index (χ0) is 12.1. The normalized spacial score (nSPS) is 12.4. The summed E-state index contributed by atoms with van der Waals surface area (Å²) in [5.41, 5.74) is 7.93. The summed E-state index contributed by atoms with van der Waals surface area (Å²) in [6, 6.07) is 19.0. The lowest BCUT2D eigenvalue weighted by atomic mass is 9.86. The van der Waals surface area contributed by atoms with Gasteiger partial charge in [0.1, 0.15) is 0 Å². The maximum atomic E-state index is 10.8. The van der Waals surface area contributed by atoms with Crippen molar-refractivity contribution in [2.24, 2.45) is 5.73 Å². The minimum atomic E-state index is -0.639. The summed E-state index contributed by atoms with van der Waals surface area (Å²) in [5.74, 6) is -0.130. The molecule has 0 aliphatic rings. The van der Waals surface area contributed by atoms with E-state index in [9.17, 15) is 4.79 Å². The third kappa shape index (κ3) is 2.60. The quantitative estimate of drug-likeness (QED) is 0.865. The molecule has 85 valence electrons. The zero-order valence-corrected chi connectivity index (χ0v) is 9.41. The Kier molecular flexibility index (Phi) is 3.68. The molecule has 0 saturated carbocycles. The highest BCUT2D eigenvalue weighted by atomic mass is 16.1. The van der Waals surface area contributed by atoms with Crippen LogP contribution in [0.25, 0.3) is 0 Å². The van der Waals surface area contributed by atoms with E-state index in [4.69, 9.17) is 5.73 Å². The number of benzene rings is 2. The fourth-order valence-electron chi connectivity index (χ4n) is 2.00. The Balaban J connectivity index is 2.43. The van der Waals surface area contributed by atoms with Crippen molar-refractivity contribution in [3.8, 4) is 0 Å². The summed E-state index contributed by atoms with van der Waals surface area (Å²) in [6.07, 6.45) is 1.89. The molecule has 0 unspecified atom stereocenters. The minimum absolute atomic E-state index is 0.130. The predicted octanol–water partition coefficient (Wildman–Crippen LogP) is 2.26. The lowest BCUT2D eigenvalue weighted by Gasteiger charge is -2.20. The van der Waals surface area contributed by atoms with E-state index in [1.165, 1.54) is 0 Å². The third-order valence-electron chi connectivity index (χ3n) is 2.81. The Hall–Kier alpha value is -1.93. The maximum Gasteiger partial charge on any atom is 0.217 e. The van der Waals surface area contributed by atoms with Gasteiger partial charge in [0.05, 0.1) is 6.04 Å². The van der Waals surface area contributed by atoms with E-state index in [0.717, 1.165) is 11.1 Å². The first-order chi connectivity index (χ1) is 8.33. The van der Waals surface area contributed by atoms with E-state index < -0.39 is 6.04 Å². The molecule has 2 rings (SSSR count). The number of hydrogen-bond donors (Lipinski definition) is 1. The molecule has 1 radical (unpaired) electrons. The van der Waals surface area contributed by atoms with Crippen LogP contribution in [0.2, 0.25) is 0 Å². The molecule has 2 heteroatoms. The van der Waals surface area contributed by atoms with Crippen molar-refractivity contribution >= 4 is 6.29 Å². The largest absolute Gasteiger partial charge is 0.320 e. The van der Waals surface area contributed by atoms with Crippen LogP contribution in [-0.2, 0) is 4.79 Å². The molecule has 0 amide bonds. The molecule has 17 heavy (non-hydrogen) atoms. The maximum absolute atomic E-state index is 10.8. The molecule has 2 nitrogen and oxygen atoms in total. The second kappa shape index (κ2) is 5.41. The van der Waals surface area contributed by atoms with Crippen LogP contribution in [0.5, 0.6) is 0 Å². The van der Waals surface area contributed by atoms with Crippen molar-refractivity contribution in [3.05, 3.63) is 71.8 Å². The monoisotopic (exact) mass is 224 g/mol. The first-order valence-electron chi connectivity index (χ1n) is 5.56. The Bertz CT molecular complexity index is 427. The van der Waals surface area contributed by atoms with Crippen LogP contribution in [0.3, 0.4) is 0 Å². The van der Waals surface area contributed by atoms with Crippen molar-refractivity contribution < 1.29 is 4.79 Å². The van der Waals surface area contributed by atoms with Crippen molar-refractivity contribution in [3.63, 3.8) is 0 Å². The number of hydrogen-bond acceptors (Lipinski definition) is 2. The first kappa shape index (κ1) is 11.6. The highest BCUT2D eigenvalue weighted by molar-refractivity contribution is 5.62. The lowest BCUT2D eigenvalue weighted by Crippen LogP contribution is -2.30. The lowest BCUT2D eigenvalue weighted by molar-refractivity contribution is 0.532. The fraction of sp³-hybridized carbons (Fsp3) is 0.133. The van der Waals surface area contributed by atoms with Crippen molar-refractivity contribution in [1.82, 2.24) is 0 Å². The van der Waals surface area contributed by atoms with Gasteiger partial charge in [-0.05, 0) is 11.1 Å². The molecule has 0 fully saturated rings. The van der Waals surface area contributed by atoms with Gasteiger partial charge in [-0.25, -0.2) is 0 Å². The van der Waals surface area contributed by atoms with Gasteiger partial charge in [-0.3, -0.25) is 4.79 Å². The van der Waals surface area contributed by atoms with Crippen LogP contribution in [0.4, 0.5) is 0 Å². The van der Waals surface area contributed by atoms with Crippen LogP contribution in [0.15, 0.2) is 60.7 Å². The van der Waals surface area contributed by atoms with Gasteiger partial charge in [0.15, 0.2) is 0 Å². The Morgan fingerprint density at radius 3 is 1.59 bits per heavy atom. The smallest absolute Gasteiger partial charge is 0.217 e. The summed E-state index contributed by atoms with van der Waals surface area (Å²) >= 11 is 0. The highest BCUT2D eigenvalue weighted by Gasteiger charge is 2.21. The second-order valence-corrected chi connectivity index (χ2v) is 3.94. The number of rotatable bonds is 4. The van der Waals surface area contributed by atoms with Gasteiger partial charge in [-0.2, -0.15) is 0 Å². The summed E-state index contributed by atoms with van der Waals surface area (Å²) in [4.78, 5) is 10.8. The van der Waals surface area contributed by atoms with Gasteiger partial charge in [0, 0.05) is 5.92 Å². The van der Waals surface area contributed by atoms with E-state index in [-0.39, 0.29) is 5.92 Å². The predicted molar refractivity (Wildman–Crippen MR) is 68.4 cm³/mol. The molecule has 0 saturated heterocycles. The molecule has 0 aliphatic carbocycles. The van der Waals surface area contributed by atoms with E-state index in [0.29, 0.717) is 0 Å².